The third-order valence-corrected chi connectivity index (χ3v) is 8.21. The molecule has 2 atom stereocenters. The maximum atomic E-state index is 11.8. The van der Waals surface area contributed by atoms with E-state index in [-0.39, 0.29) is 71.8 Å². The minimum atomic E-state index is -0.507. The van der Waals surface area contributed by atoms with Gasteiger partial charge in [0.1, 0.15) is 16.8 Å². The lowest BCUT2D eigenvalue weighted by atomic mass is 9.89. The van der Waals surface area contributed by atoms with Gasteiger partial charge in [-0.25, -0.2) is 15.0 Å². The number of aliphatic hydroxyl groups is 1. The zero-order chi connectivity index (χ0) is 48.8. The Hall–Kier alpha value is -2.89. The van der Waals surface area contributed by atoms with E-state index >= 15 is 0 Å². The zero-order valence-corrected chi connectivity index (χ0v) is 41.4. The Kier molecular flexibility index (Phi) is 42.6. The standard InChI is InChI=1S/C13H25N3O3.C11H19NO3.C10H21N3O3.C4H6Cl2.C3H10BNO2.3CH4.5H2/c1-10(17)14-15-12-8-16(6-7-18-9-12)11(2)19-13(3,4)5;1-9-7-12(5-6-14-8-9)10(13)15-11(2,3)4;1-10(2,3)16-9(14)13-4-5-15-7-8(6-13)12-11;1-4(2-5)3-6;1-4(7)5-2-3-6;;;;;;;;/h12,15H,2,6-9H2,1,3-5H3,(H,14,17);1,5-8H2,2-4H3;8,12H,4-7,11H2,1-3H3;1-3H2;5-7H,2-3H2,1H3;3*1H4;5*1H. The topological polar surface area (TPSA) is 231 Å². The molecule has 3 fully saturated rings. The van der Waals surface area contributed by atoms with E-state index < -0.39 is 18.3 Å². The molecular weight excluding hydrogens is 898 g/mol. The number of carbonyl (C=O) groups is 3. The molecule has 0 bridgehead atoms. The van der Waals surface area contributed by atoms with Gasteiger partial charge in [-0.1, -0.05) is 35.4 Å². The molecule has 3 heterocycles. The van der Waals surface area contributed by atoms with Crippen LogP contribution in [0.1, 0.15) is 98.7 Å². The fourth-order valence-corrected chi connectivity index (χ4v) is 5.01. The summed E-state index contributed by atoms with van der Waals surface area (Å²) in [5.41, 5.74) is 8.72. The van der Waals surface area contributed by atoms with Crippen molar-refractivity contribution in [1.82, 2.24) is 36.2 Å². The molecular formula is C44H103BCl2N8O11. The molecule has 3 amide bonds. The second-order valence-electron chi connectivity index (χ2n) is 17.6. The Morgan fingerprint density at radius 1 is 0.803 bits per heavy atom. The molecule has 0 aromatic heterocycles. The highest BCUT2D eigenvalue weighted by atomic mass is 35.5. The fraction of sp³-hybridized carbons (Fsp3) is 0.795. The average Bonchev–Trinajstić information content (AvgIpc) is 3.67. The van der Waals surface area contributed by atoms with Crippen LogP contribution >= 0.6 is 23.2 Å². The van der Waals surface area contributed by atoms with Crippen LogP contribution in [0.15, 0.2) is 36.8 Å². The Labute approximate surface area is 417 Å². The van der Waals surface area contributed by atoms with Crippen molar-refractivity contribution in [2.24, 2.45) is 5.84 Å². The Morgan fingerprint density at radius 2 is 1.24 bits per heavy atom. The molecule has 19 nitrogen and oxygen atoms in total. The number of carbonyl (C=O) groups excluding carboxylic acids is 3. The molecule has 3 aliphatic heterocycles. The number of halogens is 2. The van der Waals surface area contributed by atoms with Gasteiger partial charge in [0.25, 0.3) is 0 Å². The van der Waals surface area contributed by atoms with E-state index in [9.17, 15) is 14.4 Å². The van der Waals surface area contributed by atoms with Crippen LogP contribution in [0.5, 0.6) is 0 Å². The van der Waals surface area contributed by atoms with Gasteiger partial charge in [-0.2, -0.15) is 0 Å². The number of aliphatic hydroxyl groups excluding tert-OH is 1. The van der Waals surface area contributed by atoms with Gasteiger partial charge in [0.05, 0.1) is 58.3 Å². The number of nitrogens with two attached hydrogens (primary N) is 1. The predicted octanol–water partition coefficient (Wildman–Crippen LogP) is 6.35. The molecule has 3 rings (SSSR count). The molecule has 402 valence electrons. The molecule has 3 saturated heterocycles. The lowest BCUT2D eigenvalue weighted by Gasteiger charge is -2.32. The van der Waals surface area contributed by atoms with Gasteiger partial charge in [-0.15, -0.1) is 23.2 Å². The van der Waals surface area contributed by atoms with Crippen LogP contribution in [0, 0.1) is 0 Å². The molecule has 66 heavy (non-hydrogen) atoms. The van der Waals surface area contributed by atoms with Crippen molar-refractivity contribution in [3.63, 3.8) is 0 Å². The SMILES string of the molecule is C.C.C.C=C(CCl)CCl.C=C(OC(C)(C)C)N1CCOCC(NNC(C)=O)C1.C=C1COCCN(C(=O)OC(C)(C)C)C1.CB(O)NCCO.CC(C)(C)OC(=O)N1CCOCC(NN)C1.[HH].[HH].[HH].[HH].[HH]. The highest BCUT2D eigenvalue weighted by Gasteiger charge is 2.27. The van der Waals surface area contributed by atoms with Crippen LogP contribution in [-0.2, 0) is 33.2 Å². The van der Waals surface area contributed by atoms with E-state index in [0.29, 0.717) is 96.6 Å². The summed E-state index contributed by atoms with van der Waals surface area (Å²) in [6.45, 7) is 38.8. The molecule has 0 saturated carbocycles. The smallest absolute Gasteiger partial charge is 0.410 e. The van der Waals surface area contributed by atoms with Crippen LogP contribution in [0.2, 0.25) is 6.82 Å². The van der Waals surface area contributed by atoms with E-state index in [2.05, 4.69) is 41.2 Å². The molecule has 8 N–H and O–H groups in total. The molecule has 0 aromatic rings. The Balaban J connectivity index is -0.0000000835. The van der Waals surface area contributed by atoms with Crippen molar-refractivity contribution >= 4 is 48.3 Å². The lowest BCUT2D eigenvalue weighted by molar-refractivity contribution is -0.120. The van der Waals surface area contributed by atoms with Gasteiger partial charge in [-0.3, -0.25) is 21.5 Å². The summed E-state index contributed by atoms with van der Waals surface area (Å²) in [5, 5.41) is 19.2. The first-order valence-corrected chi connectivity index (χ1v) is 22.0. The summed E-state index contributed by atoms with van der Waals surface area (Å²) in [6.07, 6.45) is -0.618. The minimum Gasteiger partial charge on any atom is -0.474 e. The monoisotopic (exact) mass is 1000 g/mol. The molecule has 2 unspecified atom stereocenters. The third kappa shape index (κ3) is 42.5. The Morgan fingerprint density at radius 3 is 1.65 bits per heavy atom. The van der Waals surface area contributed by atoms with Gasteiger partial charge in [-0.05, 0) is 86.9 Å². The number of nitrogens with one attached hydrogen (secondary N) is 4. The number of hydrogen-bond acceptors (Lipinski definition) is 16. The molecule has 0 spiro atoms. The van der Waals surface area contributed by atoms with Gasteiger partial charge in [0.2, 0.25) is 5.91 Å². The first kappa shape index (κ1) is 72.1. The van der Waals surface area contributed by atoms with Crippen molar-refractivity contribution in [1.29, 1.82) is 0 Å². The highest BCUT2D eigenvalue weighted by Crippen LogP contribution is 2.17. The summed E-state index contributed by atoms with van der Waals surface area (Å²) in [6, 6.07) is -0.0401. The molecule has 3 aliphatic rings. The van der Waals surface area contributed by atoms with Crippen molar-refractivity contribution in [3.8, 4) is 0 Å². The number of ether oxygens (including phenoxy) is 6. The van der Waals surface area contributed by atoms with Crippen LogP contribution in [0.25, 0.3) is 0 Å². The van der Waals surface area contributed by atoms with E-state index in [1.165, 1.54) is 6.92 Å². The molecule has 0 radical (unpaired) electrons. The molecule has 0 aromatic carbocycles. The van der Waals surface area contributed by atoms with Crippen molar-refractivity contribution in [2.75, 3.05) is 104 Å². The summed E-state index contributed by atoms with van der Waals surface area (Å²) in [7, 11) is -0.507. The van der Waals surface area contributed by atoms with E-state index in [0.717, 1.165) is 17.7 Å². The maximum Gasteiger partial charge on any atom is 0.410 e. The van der Waals surface area contributed by atoms with Gasteiger partial charge in [0.15, 0.2) is 5.88 Å². The largest absolute Gasteiger partial charge is 0.474 e. The number of alkyl halides is 2. The van der Waals surface area contributed by atoms with Crippen molar-refractivity contribution in [3.05, 3.63) is 36.8 Å². The summed E-state index contributed by atoms with van der Waals surface area (Å²) < 4.78 is 32.4. The average molecular weight is 1000 g/mol. The van der Waals surface area contributed by atoms with Crippen LogP contribution in [-0.4, -0.2) is 183 Å². The number of nitrogens with zero attached hydrogens (tertiary/aromatic N) is 3. The van der Waals surface area contributed by atoms with Crippen LogP contribution in [0.4, 0.5) is 9.59 Å². The number of hydrazine groups is 2. The van der Waals surface area contributed by atoms with Gasteiger partial charge < -0.3 is 58.5 Å². The molecule has 0 aliphatic carbocycles. The van der Waals surface area contributed by atoms with Crippen LogP contribution in [0.3, 0.4) is 0 Å². The third-order valence-electron chi connectivity index (χ3n) is 7.45. The first-order chi connectivity index (χ1) is 29.2. The summed E-state index contributed by atoms with van der Waals surface area (Å²) in [5.74, 6) is 6.81. The zero-order valence-electron chi connectivity index (χ0n) is 39.9. The number of hydrogen-bond donors (Lipinski definition) is 7. The number of rotatable bonds is 10. The second-order valence-corrected chi connectivity index (χ2v) is 18.1. The summed E-state index contributed by atoms with van der Waals surface area (Å²) in [4.78, 5) is 39.7. The Bertz CT molecular complexity index is 1360. The quantitative estimate of drug-likeness (QED) is 0.0316. The highest BCUT2D eigenvalue weighted by molar-refractivity contribution is 6.45. The molecule has 22 heteroatoms. The van der Waals surface area contributed by atoms with Crippen LogP contribution < -0.4 is 27.3 Å². The fourth-order valence-electron chi connectivity index (χ4n) is 4.73. The lowest BCUT2D eigenvalue weighted by Crippen LogP contribution is -2.50. The normalized spacial score (nSPS) is 17.4. The van der Waals surface area contributed by atoms with Gasteiger partial charge >= 0.3 is 19.2 Å². The summed E-state index contributed by atoms with van der Waals surface area (Å²) >= 11 is 10.5. The van der Waals surface area contributed by atoms with E-state index in [1.54, 1.807) is 16.6 Å². The van der Waals surface area contributed by atoms with Gasteiger partial charge in [0, 0.05) is 71.6 Å². The maximum absolute atomic E-state index is 11.8. The first-order valence-electron chi connectivity index (χ1n) is 20.9. The number of amides is 3. The predicted molar refractivity (Wildman–Crippen MR) is 281 cm³/mol. The van der Waals surface area contributed by atoms with E-state index in [1.807, 2.05) is 67.2 Å². The number of allylic oxidation sites excluding steroid dienone is 1. The van der Waals surface area contributed by atoms with Crippen molar-refractivity contribution in [2.45, 2.75) is 127 Å². The van der Waals surface area contributed by atoms with Crippen molar-refractivity contribution < 1.29 is 60.1 Å². The minimum absolute atomic E-state index is 0. The van der Waals surface area contributed by atoms with E-state index in [4.69, 9.17) is 67.6 Å². The second kappa shape index (κ2) is 39.0.